The van der Waals surface area contributed by atoms with E-state index in [0.29, 0.717) is 11.1 Å². The Morgan fingerprint density at radius 3 is 1.79 bits per heavy atom. The van der Waals surface area contributed by atoms with Gasteiger partial charge < -0.3 is 42.7 Å². The molecule has 2 aromatic rings. The number of primary amides is 1. The van der Waals surface area contributed by atoms with Crippen molar-refractivity contribution in [3.63, 3.8) is 0 Å². The Morgan fingerprint density at radius 1 is 0.737 bits per heavy atom. The number of phenolic OH excluding ortho intramolecular Hbond substituents is 1. The molecule has 0 heterocycles. The number of phenols is 1. The Kier molecular flexibility index (Phi) is 11.2. The molecule has 4 amide bonds. The number of nitrogens with two attached hydrogens (primary N) is 2. The Labute approximate surface area is 218 Å². The fourth-order valence-electron chi connectivity index (χ4n) is 3.45. The lowest BCUT2D eigenvalue weighted by atomic mass is 10.0. The van der Waals surface area contributed by atoms with Crippen molar-refractivity contribution < 1.29 is 39.3 Å². The van der Waals surface area contributed by atoms with E-state index in [4.69, 9.17) is 11.5 Å². The van der Waals surface area contributed by atoms with E-state index in [9.17, 15) is 39.3 Å². The maximum absolute atomic E-state index is 13.1. The minimum atomic E-state index is -1.54. The number of carboxylic acids is 1. The van der Waals surface area contributed by atoms with Gasteiger partial charge in [-0.05, 0) is 23.3 Å². The van der Waals surface area contributed by atoms with Crippen molar-refractivity contribution in [2.45, 2.75) is 43.4 Å². The van der Waals surface area contributed by atoms with Gasteiger partial charge >= 0.3 is 5.97 Å². The summed E-state index contributed by atoms with van der Waals surface area (Å²) in [5.74, 6) is -4.83. The number of aromatic hydroxyl groups is 1. The fraction of sp³-hybridized carbons (Fsp3) is 0.320. The molecule has 0 spiro atoms. The maximum atomic E-state index is 13.1. The Hall–Kier alpha value is -4.49. The molecular formula is C25H31N5O8. The molecule has 2 rings (SSSR count). The molecule has 0 aromatic heterocycles. The molecule has 13 heteroatoms. The number of carbonyl (C=O) groups is 5. The number of aliphatic hydroxyl groups is 1. The summed E-state index contributed by atoms with van der Waals surface area (Å²) in [5, 5.41) is 35.7. The molecule has 0 bridgehead atoms. The van der Waals surface area contributed by atoms with Crippen LogP contribution in [0.4, 0.5) is 0 Å². The molecule has 4 unspecified atom stereocenters. The summed E-state index contributed by atoms with van der Waals surface area (Å²) < 4.78 is 0. The van der Waals surface area contributed by atoms with Crippen molar-refractivity contribution in [2.75, 3.05) is 6.61 Å². The van der Waals surface area contributed by atoms with Gasteiger partial charge in [0, 0.05) is 12.8 Å². The molecule has 4 atom stereocenters. The smallest absolute Gasteiger partial charge is 0.326 e. The predicted molar refractivity (Wildman–Crippen MR) is 134 cm³/mol. The van der Waals surface area contributed by atoms with Crippen LogP contribution in [0.1, 0.15) is 17.5 Å². The van der Waals surface area contributed by atoms with E-state index < -0.39 is 66.8 Å². The van der Waals surface area contributed by atoms with Crippen LogP contribution in [0.15, 0.2) is 54.6 Å². The van der Waals surface area contributed by atoms with Crippen LogP contribution in [0.5, 0.6) is 5.75 Å². The molecule has 0 aliphatic heterocycles. The molecule has 204 valence electrons. The van der Waals surface area contributed by atoms with E-state index >= 15 is 0 Å². The first-order chi connectivity index (χ1) is 18.0. The highest BCUT2D eigenvalue weighted by molar-refractivity contribution is 5.95. The van der Waals surface area contributed by atoms with Crippen molar-refractivity contribution in [2.24, 2.45) is 11.5 Å². The normalized spacial score (nSPS) is 13.8. The zero-order chi connectivity index (χ0) is 28.2. The Balaban J connectivity index is 2.13. The summed E-state index contributed by atoms with van der Waals surface area (Å²) in [6, 6.07) is 8.79. The number of benzene rings is 2. The number of nitrogens with one attached hydrogen (secondary N) is 3. The first-order valence-corrected chi connectivity index (χ1v) is 11.6. The van der Waals surface area contributed by atoms with Gasteiger partial charge in [0.2, 0.25) is 23.6 Å². The lowest BCUT2D eigenvalue weighted by molar-refractivity contribution is -0.142. The van der Waals surface area contributed by atoms with Crippen molar-refractivity contribution in [3.8, 4) is 5.75 Å². The predicted octanol–water partition coefficient (Wildman–Crippen LogP) is -2.09. The van der Waals surface area contributed by atoms with E-state index in [0.717, 1.165) is 0 Å². The Morgan fingerprint density at radius 2 is 1.24 bits per heavy atom. The van der Waals surface area contributed by atoms with E-state index in [1.54, 1.807) is 30.3 Å². The molecule has 0 saturated heterocycles. The zero-order valence-electron chi connectivity index (χ0n) is 20.4. The summed E-state index contributed by atoms with van der Waals surface area (Å²) >= 11 is 0. The van der Waals surface area contributed by atoms with E-state index in [2.05, 4.69) is 16.0 Å². The van der Waals surface area contributed by atoms with E-state index in [1.165, 1.54) is 24.3 Å². The summed E-state index contributed by atoms with van der Waals surface area (Å²) in [5.41, 5.74) is 11.9. The standard InChI is InChI=1S/C25H31N5O8/c26-17(12-21(27)33)22(34)28-18(10-14-4-2-1-3-5-14)23(35)30-20(13-31)24(36)29-19(25(37)38)11-15-6-8-16(32)9-7-15/h1-9,17-20,31-32H,10-13,26H2,(H2,27,33)(H,28,34)(H,29,36)(H,30,35)(H,37,38). The third-order valence-corrected chi connectivity index (χ3v) is 5.48. The van der Waals surface area contributed by atoms with Gasteiger partial charge in [0.05, 0.1) is 19.1 Å². The van der Waals surface area contributed by atoms with Crippen molar-refractivity contribution >= 4 is 29.6 Å². The number of hydrogen-bond donors (Lipinski definition) is 8. The van der Waals surface area contributed by atoms with Crippen LogP contribution in [-0.4, -0.2) is 75.7 Å². The summed E-state index contributed by atoms with van der Waals surface area (Å²) in [7, 11) is 0. The van der Waals surface area contributed by atoms with Gasteiger partial charge in [-0.1, -0.05) is 42.5 Å². The SMILES string of the molecule is NC(=O)CC(N)C(=O)NC(Cc1ccccc1)C(=O)NC(CO)C(=O)NC(Cc1ccc(O)cc1)C(=O)O. The average molecular weight is 530 g/mol. The highest BCUT2D eigenvalue weighted by atomic mass is 16.4. The van der Waals surface area contributed by atoms with Gasteiger partial charge in [-0.2, -0.15) is 0 Å². The largest absolute Gasteiger partial charge is 0.508 e. The number of aliphatic hydroxyl groups excluding tert-OH is 1. The lowest BCUT2D eigenvalue weighted by Gasteiger charge is -2.24. The van der Waals surface area contributed by atoms with Gasteiger partial charge in [-0.3, -0.25) is 19.2 Å². The van der Waals surface area contributed by atoms with Gasteiger partial charge in [-0.15, -0.1) is 0 Å². The molecule has 2 aromatic carbocycles. The van der Waals surface area contributed by atoms with Crippen LogP contribution in [-0.2, 0) is 36.8 Å². The summed E-state index contributed by atoms with van der Waals surface area (Å²) in [6.45, 7) is -0.865. The van der Waals surface area contributed by atoms with Crippen LogP contribution in [0.3, 0.4) is 0 Å². The first-order valence-electron chi connectivity index (χ1n) is 11.6. The molecule has 0 aliphatic rings. The van der Waals surface area contributed by atoms with E-state index in [1.807, 2.05) is 0 Å². The highest BCUT2D eigenvalue weighted by Gasteiger charge is 2.30. The molecule has 13 nitrogen and oxygen atoms in total. The molecule has 0 aliphatic carbocycles. The minimum Gasteiger partial charge on any atom is -0.508 e. The fourth-order valence-corrected chi connectivity index (χ4v) is 3.45. The van der Waals surface area contributed by atoms with Crippen LogP contribution >= 0.6 is 0 Å². The Bertz CT molecular complexity index is 1130. The second-order valence-corrected chi connectivity index (χ2v) is 8.54. The van der Waals surface area contributed by atoms with Crippen LogP contribution < -0.4 is 27.4 Å². The number of carboxylic acid groups (broad SMARTS) is 1. The minimum absolute atomic E-state index is 0.0135. The van der Waals surface area contributed by atoms with Gasteiger partial charge in [0.15, 0.2) is 0 Å². The third-order valence-electron chi connectivity index (χ3n) is 5.48. The van der Waals surface area contributed by atoms with Gasteiger partial charge in [-0.25, -0.2) is 4.79 Å². The second-order valence-electron chi connectivity index (χ2n) is 8.54. The number of aliphatic carboxylic acids is 1. The quantitative estimate of drug-likeness (QED) is 0.134. The van der Waals surface area contributed by atoms with Crippen molar-refractivity contribution in [1.82, 2.24) is 16.0 Å². The number of hydrogen-bond acceptors (Lipinski definition) is 8. The average Bonchev–Trinajstić information content (AvgIpc) is 2.87. The highest BCUT2D eigenvalue weighted by Crippen LogP contribution is 2.12. The molecular weight excluding hydrogens is 498 g/mol. The number of amides is 4. The molecule has 0 radical (unpaired) electrons. The number of rotatable bonds is 14. The zero-order valence-corrected chi connectivity index (χ0v) is 20.4. The van der Waals surface area contributed by atoms with Gasteiger partial charge in [0.1, 0.15) is 23.9 Å². The molecule has 0 saturated carbocycles. The summed E-state index contributed by atoms with van der Waals surface area (Å²) in [4.78, 5) is 61.1. The van der Waals surface area contributed by atoms with Crippen LogP contribution in [0.25, 0.3) is 0 Å². The molecule has 0 fully saturated rings. The molecule has 10 N–H and O–H groups in total. The topological polar surface area (TPSA) is 234 Å². The third kappa shape index (κ3) is 9.52. The van der Waals surface area contributed by atoms with Crippen LogP contribution in [0.2, 0.25) is 0 Å². The second kappa shape index (κ2) is 14.3. The monoisotopic (exact) mass is 529 g/mol. The van der Waals surface area contributed by atoms with Crippen LogP contribution in [0, 0.1) is 0 Å². The van der Waals surface area contributed by atoms with Crippen molar-refractivity contribution in [1.29, 1.82) is 0 Å². The maximum Gasteiger partial charge on any atom is 0.326 e. The first kappa shape index (κ1) is 29.7. The van der Waals surface area contributed by atoms with E-state index in [-0.39, 0.29) is 18.6 Å². The number of carbonyl (C=O) groups excluding carboxylic acids is 4. The van der Waals surface area contributed by atoms with Crippen molar-refractivity contribution in [3.05, 3.63) is 65.7 Å². The molecule has 38 heavy (non-hydrogen) atoms. The lowest BCUT2D eigenvalue weighted by Crippen LogP contribution is -2.58. The summed E-state index contributed by atoms with van der Waals surface area (Å²) in [6.07, 6.45) is -0.594. The van der Waals surface area contributed by atoms with Gasteiger partial charge in [0.25, 0.3) is 0 Å².